The topological polar surface area (TPSA) is 90.0 Å². The molecule has 0 aliphatic carbocycles. The van der Waals surface area contributed by atoms with Crippen molar-refractivity contribution in [2.75, 3.05) is 31.8 Å². The van der Waals surface area contributed by atoms with Crippen LogP contribution in [0, 0.1) is 0 Å². The SMILES string of the molecule is CN(C(=O)CCC(=O)c1ccc2c(c1)OCCO2)C1CCS(=O)(=O)C1. The van der Waals surface area contributed by atoms with Crippen LogP contribution in [0.5, 0.6) is 11.5 Å². The minimum absolute atomic E-state index is 0.00530. The fourth-order valence-electron chi connectivity index (χ4n) is 3.04. The molecule has 0 saturated carbocycles. The number of ether oxygens (including phenoxy) is 2. The number of hydrogen-bond donors (Lipinski definition) is 0. The Bertz CT molecular complexity index is 788. The quantitative estimate of drug-likeness (QED) is 0.723. The van der Waals surface area contributed by atoms with Gasteiger partial charge in [0.1, 0.15) is 13.2 Å². The molecule has 1 aromatic rings. The molecule has 136 valence electrons. The van der Waals surface area contributed by atoms with Gasteiger partial charge in [-0.3, -0.25) is 9.59 Å². The molecule has 3 rings (SSSR count). The van der Waals surface area contributed by atoms with Crippen LogP contribution in [0.3, 0.4) is 0 Å². The third-order valence-corrected chi connectivity index (χ3v) is 6.33. The van der Waals surface area contributed by atoms with Gasteiger partial charge in [0.25, 0.3) is 0 Å². The molecule has 1 amide bonds. The van der Waals surface area contributed by atoms with Gasteiger partial charge in [-0.05, 0) is 24.6 Å². The van der Waals surface area contributed by atoms with Gasteiger partial charge < -0.3 is 14.4 Å². The summed E-state index contributed by atoms with van der Waals surface area (Å²) < 4.78 is 33.9. The van der Waals surface area contributed by atoms with Crippen LogP contribution in [-0.2, 0) is 14.6 Å². The second kappa shape index (κ2) is 7.03. The Hall–Kier alpha value is -2.09. The first-order valence-electron chi connectivity index (χ1n) is 8.25. The monoisotopic (exact) mass is 367 g/mol. The molecule has 8 heteroatoms. The van der Waals surface area contributed by atoms with Crippen LogP contribution in [0.4, 0.5) is 0 Å². The van der Waals surface area contributed by atoms with Gasteiger partial charge in [-0.1, -0.05) is 0 Å². The predicted molar refractivity (Wildman–Crippen MR) is 90.8 cm³/mol. The van der Waals surface area contributed by atoms with E-state index in [0.717, 1.165) is 0 Å². The van der Waals surface area contributed by atoms with Crippen molar-refractivity contribution in [2.24, 2.45) is 0 Å². The molecule has 7 nitrogen and oxygen atoms in total. The lowest BCUT2D eigenvalue weighted by Crippen LogP contribution is -2.37. The van der Waals surface area contributed by atoms with Gasteiger partial charge in [0.2, 0.25) is 5.91 Å². The van der Waals surface area contributed by atoms with Crippen LogP contribution in [0.25, 0.3) is 0 Å². The average molecular weight is 367 g/mol. The lowest BCUT2D eigenvalue weighted by molar-refractivity contribution is -0.131. The van der Waals surface area contributed by atoms with Crippen molar-refractivity contribution >= 4 is 21.5 Å². The maximum atomic E-state index is 12.3. The number of amides is 1. The van der Waals surface area contributed by atoms with Crippen LogP contribution in [0.2, 0.25) is 0 Å². The van der Waals surface area contributed by atoms with E-state index in [1.165, 1.54) is 4.90 Å². The molecule has 0 aromatic heterocycles. The molecule has 2 aliphatic heterocycles. The number of ketones is 1. The zero-order chi connectivity index (χ0) is 18.0. The lowest BCUT2D eigenvalue weighted by atomic mass is 10.0. The summed E-state index contributed by atoms with van der Waals surface area (Å²) in [6.45, 7) is 0.927. The maximum absolute atomic E-state index is 12.3. The van der Waals surface area contributed by atoms with E-state index in [0.29, 0.717) is 36.7 Å². The summed E-state index contributed by atoms with van der Waals surface area (Å²) in [6.07, 6.45) is 0.587. The standard InChI is InChI=1S/C17H21NO6S/c1-18(13-6-9-25(21,22)11-13)17(20)5-3-14(19)12-2-4-15-16(10-12)24-8-7-23-15/h2,4,10,13H,3,5-9,11H2,1H3. The molecule has 0 N–H and O–H groups in total. The Kier molecular flexibility index (Phi) is 4.99. The third-order valence-electron chi connectivity index (χ3n) is 4.58. The van der Waals surface area contributed by atoms with Gasteiger partial charge in [0.15, 0.2) is 27.1 Å². The molecule has 0 bridgehead atoms. The van der Waals surface area contributed by atoms with Gasteiger partial charge in [-0.25, -0.2) is 8.42 Å². The number of rotatable bonds is 5. The van der Waals surface area contributed by atoms with Crippen molar-refractivity contribution < 1.29 is 27.5 Å². The highest BCUT2D eigenvalue weighted by Crippen LogP contribution is 2.31. The van der Waals surface area contributed by atoms with Crippen molar-refractivity contribution in [3.8, 4) is 11.5 Å². The number of hydrogen-bond acceptors (Lipinski definition) is 6. The highest BCUT2D eigenvalue weighted by molar-refractivity contribution is 7.91. The zero-order valence-electron chi connectivity index (χ0n) is 14.1. The van der Waals surface area contributed by atoms with E-state index < -0.39 is 9.84 Å². The summed E-state index contributed by atoms with van der Waals surface area (Å²) in [5, 5.41) is 0. The first-order valence-corrected chi connectivity index (χ1v) is 10.1. The summed E-state index contributed by atoms with van der Waals surface area (Å²) in [4.78, 5) is 26.0. The second-order valence-electron chi connectivity index (χ2n) is 6.34. The Morgan fingerprint density at radius 1 is 1.16 bits per heavy atom. The van der Waals surface area contributed by atoms with Crippen LogP contribution < -0.4 is 9.47 Å². The van der Waals surface area contributed by atoms with Crippen LogP contribution in [-0.4, -0.2) is 62.8 Å². The molecule has 0 spiro atoms. The predicted octanol–water partition coefficient (Wildman–Crippen LogP) is 1.07. The number of benzene rings is 1. The number of Topliss-reactive ketones (excluding diaryl/α,β-unsaturated/α-hetero) is 1. The van der Waals surface area contributed by atoms with Crippen molar-refractivity contribution in [3.63, 3.8) is 0 Å². The molecule has 25 heavy (non-hydrogen) atoms. The van der Waals surface area contributed by atoms with E-state index in [1.807, 2.05) is 0 Å². The Morgan fingerprint density at radius 3 is 2.56 bits per heavy atom. The van der Waals surface area contributed by atoms with Gasteiger partial charge in [-0.2, -0.15) is 0 Å². The maximum Gasteiger partial charge on any atom is 0.223 e. The Balaban J connectivity index is 1.56. The van der Waals surface area contributed by atoms with Crippen LogP contribution >= 0.6 is 0 Å². The smallest absolute Gasteiger partial charge is 0.223 e. The largest absolute Gasteiger partial charge is 0.486 e. The molecule has 1 atom stereocenters. The fourth-order valence-corrected chi connectivity index (χ4v) is 4.82. The summed E-state index contributed by atoms with van der Waals surface area (Å²) in [5.41, 5.74) is 0.475. The first kappa shape index (κ1) is 17.7. The molecular weight excluding hydrogens is 346 g/mol. The van der Waals surface area contributed by atoms with E-state index in [4.69, 9.17) is 9.47 Å². The first-order chi connectivity index (χ1) is 11.9. The van der Waals surface area contributed by atoms with E-state index >= 15 is 0 Å². The highest BCUT2D eigenvalue weighted by Gasteiger charge is 2.32. The molecule has 2 heterocycles. The van der Waals surface area contributed by atoms with Crippen molar-refractivity contribution in [1.29, 1.82) is 0 Å². The van der Waals surface area contributed by atoms with E-state index in [2.05, 4.69) is 0 Å². The van der Waals surface area contributed by atoms with Crippen LogP contribution in [0.1, 0.15) is 29.6 Å². The number of fused-ring (bicyclic) bond motifs is 1. The van der Waals surface area contributed by atoms with Gasteiger partial charge in [0, 0.05) is 31.5 Å². The van der Waals surface area contributed by atoms with Gasteiger partial charge >= 0.3 is 0 Å². The van der Waals surface area contributed by atoms with Crippen molar-refractivity contribution in [2.45, 2.75) is 25.3 Å². The summed E-state index contributed by atoms with van der Waals surface area (Å²) in [5.74, 6) is 0.903. The second-order valence-corrected chi connectivity index (χ2v) is 8.57. The van der Waals surface area contributed by atoms with Crippen molar-refractivity contribution in [1.82, 2.24) is 4.90 Å². The van der Waals surface area contributed by atoms with Gasteiger partial charge in [0.05, 0.1) is 11.5 Å². The molecule has 2 aliphatic rings. The third kappa shape index (κ3) is 4.12. The number of nitrogens with zero attached hydrogens (tertiary/aromatic N) is 1. The minimum Gasteiger partial charge on any atom is -0.486 e. The molecule has 1 aromatic carbocycles. The highest BCUT2D eigenvalue weighted by atomic mass is 32.2. The molecular formula is C17H21NO6S. The number of sulfone groups is 1. The van der Waals surface area contributed by atoms with E-state index in [-0.39, 0.29) is 42.1 Å². The molecule has 1 fully saturated rings. The van der Waals surface area contributed by atoms with E-state index in [9.17, 15) is 18.0 Å². The Morgan fingerprint density at radius 2 is 1.88 bits per heavy atom. The molecule has 1 unspecified atom stereocenters. The number of carbonyl (C=O) groups excluding carboxylic acids is 2. The summed E-state index contributed by atoms with van der Waals surface area (Å²) in [6, 6.07) is 4.70. The van der Waals surface area contributed by atoms with Gasteiger partial charge in [-0.15, -0.1) is 0 Å². The summed E-state index contributed by atoms with van der Waals surface area (Å²) >= 11 is 0. The fraction of sp³-hybridized carbons (Fsp3) is 0.529. The zero-order valence-corrected chi connectivity index (χ0v) is 14.9. The lowest BCUT2D eigenvalue weighted by Gasteiger charge is -2.23. The normalized spacial score (nSPS) is 20.9. The molecule has 1 saturated heterocycles. The Labute approximate surface area is 146 Å². The number of carbonyl (C=O) groups is 2. The van der Waals surface area contributed by atoms with Crippen LogP contribution in [0.15, 0.2) is 18.2 Å². The summed E-state index contributed by atoms with van der Waals surface area (Å²) in [7, 11) is -1.44. The average Bonchev–Trinajstić information content (AvgIpc) is 2.98. The molecule has 0 radical (unpaired) electrons. The van der Waals surface area contributed by atoms with Crippen molar-refractivity contribution in [3.05, 3.63) is 23.8 Å². The minimum atomic E-state index is -3.04. The van der Waals surface area contributed by atoms with E-state index in [1.54, 1.807) is 25.2 Å².